The minimum Gasteiger partial charge on any atom is 1.00 e. The fourth-order valence-corrected chi connectivity index (χ4v) is 3.90. The predicted octanol–water partition coefficient (Wildman–Crippen LogP) is 0.113. The van der Waals surface area contributed by atoms with Gasteiger partial charge in [0.15, 0.2) is 0 Å². The Morgan fingerprint density at radius 2 is 1.00 bits per heavy atom. The Balaban J connectivity index is -0.000000310. The van der Waals surface area contributed by atoms with Crippen molar-refractivity contribution in [1.29, 1.82) is 0 Å². The number of nitrogens with zero attached hydrogens (tertiary/aromatic N) is 1. The third kappa shape index (κ3) is 13.9. The van der Waals surface area contributed by atoms with E-state index in [4.69, 9.17) is 15.0 Å². The zero-order valence-electron chi connectivity index (χ0n) is 17.7. The molecule has 0 spiro atoms. The summed E-state index contributed by atoms with van der Waals surface area (Å²) in [6.07, 6.45) is 7.86. The molecule has 2 aliphatic rings. The van der Waals surface area contributed by atoms with Gasteiger partial charge in [0, 0.05) is 11.1 Å². The first-order chi connectivity index (χ1) is 9.83. The summed E-state index contributed by atoms with van der Waals surface area (Å²) in [5, 5.41) is 8.38. The van der Waals surface area contributed by atoms with Crippen LogP contribution in [0, 0.1) is 0 Å². The van der Waals surface area contributed by atoms with Crippen molar-refractivity contribution in [3.05, 3.63) is 5.32 Å². The molecule has 2 fully saturated rings. The van der Waals surface area contributed by atoms with E-state index in [2.05, 4.69) is 60.7 Å². The molecule has 6 heteroatoms. The number of halogens is 2. The molecule has 0 aliphatic carbocycles. The monoisotopic (exact) mass is 422 g/mol. The van der Waals surface area contributed by atoms with Crippen LogP contribution in [-0.2, 0) is 17.3 Å². The Kier molecular flexibility index (Phi) is 15.5. The van der Waals surface area contributed by atoms with Crippen molar-refractivity contribution >= 4 is 9.69 Å². The number of nitrogens with one attached hydrogen (secondary N) is 1. The fraction of sp³-hybridized carbons (Fsp3) is 1.00. The first-order valence-electron chi connectivity index (χ1n) is 8.63. The fourth-order valence-electron chi connectivity index (χ4n) is 3.90. The van der Waals surface area contributed by atoms with E-state index in [1.807, 2.05) is 0 Å². The topological polar surface area (TPSA) is 26.1 Å². The van der Waals surface area contributed by atoms with E-state index in [0.29, 0.717) is 11.1 Å². The van der Waals surface area contributed by atoms with Crippen molar-refractivity contribution in [3.8, 4) is 0 Å². The minimum atomic E-state index is 0. The van der Waals surface area contributed by atoms with E-state index in [-0.39, 0.29) is 42.3 Å². The Bertz CT molecular complexity index is 275. The van der Waals surface area contributed by atoms with Crippen molar-refractivity contribution in [2.45, 2.75) is 116 Å². The van der Waals surface area contributed by atoms with Gasteiger partial charge in [-0.2, -0.15) is 0 Å². The molecule has 0 aromatic carbocycles. The van der Waals surface area contributed by atoms with Crippen molar-refractivity contribution in [2.75, 3.05) is 0 Å². The molecule has 136 valence electrons. The second-order valence-electron chi connectivity index (χ2n) is 9.34. The van der Waals surface area contributed by atoms with Gasteiger partial charge < -0.3 is 23.0 Å². The van der Waals surface area contributed by atoms with Crippen molar-refractivity contribution in [1.82, 2.24) is 5.32 Å². The van der Waals surface area contributed by atoms with Crippen LogP contribution in [0.5, 0.6) is 0 Å². The van der Waals surface area contributed by atoms with Crippen molar-refractivity contribution in [3.63, 3.8) is 0 Å². The Morgan fingerprint density at radius 1 is 0.708 bits per heavy atom. The quantitative estimate of drug-likeness (QED) is 0.549. The predicted molar refractivity (Wildman–Crippen MR) is 96.4 cm³/mol. The van der Waals surface area contributed by atoms with Gasteiger partial charge in [0.2, 0.25) is 0 Å². The Morgan fingerprint density at radius 3 is 1.17 bits per heavy atom. The summed E-state index contributed by atoms with van der Waals surface area (Å²) < 4.78 is 0. The normalized spacial score (nSPS) is 25.3. The molecule has 2 saturated heterocycles. The van der Waals surface area contributed by atoms with E-state index >= 15 is 0 Å². The number of piperidine rings is 2. The summed E-state index contributed by atoms with van der Waals surface area (Å²) in [4.78, 5) is 0. The van der Waals surface area contributed by atoms with E-state index < -0.39 is 0 Å². The van der Waals surface area contributed by atoms with Gasteiger partial charge in [0.05, 0.1) is 0 Å². The molecule has 0 aromatic rings. The van der Waals surface area contributed by atoms with E-state index in [9.17, 15) is 0 Å². The molecule has 2 nitrogen and oxygen atoms in total. The molecule has 0 amide bonds. The van der Waals surface area contributed by atoms with Gasteiger partial charge in [0.25, 0.3) is 0 Å². The summed E-state index contributed by atoms with van der Waals surface area (Å²) in [6.45, 7) is 18.1. The second-order valence-corrected chi connectivity index (χ2v) is 9.34. The van der Waals surface area contributed by atoms with Gasteiger partial charge in [-0.3, -0.25) is 0 Å². The third-order valence-electron chi connectivity index (χ3n) is 4.46. The average Bonchev–Trinajstić information content (AvgIpc) is 2.25. The van der Waals surface area contributed by atoms with Crippen molar-refractivity contribution in [2.24, 2.45) is 0 Å². The molecular formula is C18H37Cl2LiN2Zn. The first kappa shape index (κ1) is 30.4. The molecule has 2 aliphatic heterocycles. The molecule has 0 atom stereocenters. The molecule has 1 N–H and O–H groups in total. The smallest absolute Gasteiger partial charge is 1.00 e. The van der Waals surface area contributed by atoms with E-state index in [1.165, 1.54) is 38.5 Å². The van der Waals surface area contributed by atoms with Gasteiger partial charge in [0.1, 0.15) is 0 Å². The van der Waals surface area contributed by atoms with Gasteiger partial charge in [-0.25, -0.2) is 0 Å². The summed E-state index contributed by atoms with van der Waals surface area (Å²) >= 11 is 0.847. The molecule has 0 unspecified atom stereocenters. The van der Waals surface area contributed by atoms with Gasteiger partial charge in [-0.15, -0.1) is 11.1 Å². The van der Waals surface area contributed by atoms with Gasteiger partial charge >= 0.3 is 45.9 Å². The zero-order chi connectivity index (χ0) is 17.7. The maximum absolute atomic E-state index is 4.76. The SMILES string of the molecule is CC1(C)CCCC(C)(C)N1.CC1(C)CCCC(C)(C)[N-]1.[Cl-].[Cl][Zn+].[Li+]. The summed E-state index contributed by atoms with van der Waals surface area (Å²) in [5.74, 6) is 0. The third-order valence-corrected chi connectivity index (χ3v) is 4.46. The molecule has 2 rings (SSSR count). The average molecular weight is 425 g/mol. The van der Waals surface area contributed by atoms with Crippen LogP contribution >= 0.6 is 9.69 Å². The van der Waals surface area contributed by atoms with Crippen LogP contribution in [0.2, 0.25) is 0 Å². The molecular weight excluding hydrogens is 387 g/mol. The standard InChI is InChI=1S/C9H19N.C9H18N.2ClH.Li.Zn/c2*1-8(2)6-5-7-9(3,4)10-8;;;;/h10H,5-7H2,1-4H3;5-7H2,1-4H3;2*1H;;/q;-1;;;+1;+2/p-2. The van der Waals surface area contributed by atoms with Crippen molar-refractivity contribution < 1.29 is 48.6 Å². The largest absolute Gasteiger partial charge is 1.00 e. The van der Waals surface area contributed by atoms with Crippen LogP contribution in [0.3, 0.4) is 0 Å². The molecule has 0 saturated carbocycles. The first-order valence-corrected chi connectivity index (χ1v) is 12.5. The van der Waals surface area contributed by atoms with Crippen LogP contribution in [0.25, 0.3) is 5.32 Å². The number of rotatable bonds is 0. The second kappa shape index (κ2) is 12.2. The van der Waals surface area contributed by atoms with Gasteiger partial charge in [-0.1, -0.05) is 47.0 Å². The Labute approximate surface area is 184 Å². The summed E-state index contributed by atoms with van der Waals surface area (Å²) in [5.41, 5.74) is 1.20. The van der Waals surface area contributed by atoms with Crippen LogP contribution in [-0.4, -0.2) is 22.2 Å². The molecule has 2 heterocycles. The van der Waals surface area contributed by atoms with Gasteiger partial charge in [-0.05, 0) is 47.0 Å². The van der Waals surface area contributed by atoms with E-state index in [1.54, 1.807) is 0 Å². The van der Waals surface area contributed by atoms with Crippen LogP contribution in [0.15, 0.2) is 0 Å². The number of hydrogen-bond donors (Lipinski definition) is 1. The van der Waals surface area contributed by atoms with Crippen LogP contribution in [0.4, 0.5) is 0 Å². The van der Waals surface area contributed by atoms with E-state index in [0.717, 1.165) is 17.3 Å². The Hall–Kier alpha value is 1.72. The maximum Gasteiger partial charge on any atom is 1.00 e. The molecule has 24 heavy (non-hydrogen) atoms. The zero-order valence-corrected chi connectivity index (χ0v) is 22.1. The van der Waals surface area contributed by atoms with Crippen LogP contribution < -0.4 is 36.6 Å². The minimum absolute atomic E-state index is 0. The molecule has 0 bridgehead atoms. The number of hydrogen-bond acceptors (Lipinski definition) is 1. The summed E-state index contributed by atoms with van der Waals surface area (Å²) in [6, 6.07) is 0. The van der Waals surface area contributed by atoms with Crippen LogP contribution in [0.1, 0.15) is 93.9 Å². The molecule has 0 radical (unpaired) electrons. The molecule has 0 aromatic heterocycles. The summed E-state index contributed by atoms with van der Waals surface area (Å²) in [7, 11) is 4.76. The maximum atomic E-state index is 4.76.